The van der Waals surface area contributed by atoms with Crippen LogP contribution >= 0.6 is 0 Å². The molecule has 0 spiro atoms. The molecule has 1 amide bonds. The second-order valence-corrected chi connectivity index (χ2v) is 6.33. The summed E-state index contributed by atoms with van der Waals surface area (Å²) in [7, 11) is 0. The van der Waals surface area contributed by atoms with E-state index in [2.05, 4.69) is 14.8 Å². The molecule has 27 heavy (non-hydrogen) atoms. The first-order valence-electron chi connectivity index (χ1n) is 8.28. The maximum Gasteiger partial charge on any atom is 0.573 e. The van der Waals surface area contributed by atoms with Crippen LogP contribution in [0.3, 0.4) is 0 Å². The van der Waals surface area contributed by atoms with Crippen LogP contribution in [-0.4, -0.2) is 38.3 Å². The highest BCUT2D eigenvalue weighted by molar-refractivity contribution is 5.94. The summed E-state index contributed by atoms with van der Waals surface area (Å²) in [6, 6.07) is 6.82. The quantitative estimate of drug-likeness (QED) is 0.690. The zero-order valence-electron chi connectivity index (χ0n) is 14.3. The molecule has 0 aliphatic carbocycles. The minimum Gasteiger partial charge on any atom is -0.406 e. The predicted octanol–water partition coefficient (Wildman–Crippen LogP) is 3.13. The SMILES string of the molecule is Cc1cc2ncc3c(n2n1)CCN(C(=O)c1ccc(OC(F)(F)F)cc1)C3. The molecule has 0 saturated carbocycles. The maximum absolute atomic E-state index is 12.7. The van der Waals surface area contributed by atoms with Gasteiger partial charge in [0, 0.05) is 42.9 Å². The van der Waals surface area contributed by atoms with Gasteiger partial charge < -0.3 is 9.64 Å². The van der Waals surface area contributed by atoms with E-state index >= 15 is 0 Å². The molecule has 0 fully saturated rings. The summed E-state index contributed by atoms with van der Waals surface area (Å²) in [6.45, 7) is 2.76. The second-order valence-electron chi connectivity index (χ2n) is 6.33. The summed E-state index contributed by atoms with van der Waals surface area (Å²) < 4.78 is 42.3. The molecule has 4 rings (SSSR count). The van der Waals surface area contributed by atoms with Gasteiger partial charge in [-0.05, 0) is 31.2 Å². The number of carbonyl (C=O) groups is 1. The molecule has 140 valence electrons. The Hall–Kier alpha value is -3.10. The average Bonchev–Trinajstić information content (AvgIpc) is 3.00. The molecule has 2 aromatic heterocycles. The van der Waals surface area contributed by atoms with Crippen LogP contribution in [-0.2, 0) is 13.0 Å². The van der Waals surface area contributed by atoms with Gasteiger partial charge in [-0.25, -0.2) is 9.50 Å². The number of hydrogen-bond donors (Lipinski definition) is 0. The number of hydrogen-bond acceptors (Lipinski definition) is 4. The third-order valence-corrected chi connectivity index (χ3v) is 4.39. The summed E-state index contributed by atoms with van der Waals surface area (Å²) in [5.41, 5.74) is 3.87. The van der Waals surface area contributed by atoms with Crippen molar-refractivity contribution < 1.29 is 22.7 Å². The first-order chi connectivity index (χ1) is 12.8. The minimum absolute atomic E-state index is 0.254. The van der Waals surface area contributed by atoms with Gasteiger partial charge in [-0.2, -0.15) is 5.10 Å². The molecule has 0 saturated heterocycles. The van der Waals surface area contributed by atoms with Crippen LogP contribution in [0, 0.1) is 6.92 Å². The number of fused-ring (bicyclic) bond motifs is 3. The highest BCUT2D eigenvalue weighted by Crippen LogP contribution is 2.25. The number of carbonyl (C=O) groups excluding carboxylic acids is 1. The number of rotatable bonds is 2. The van der Waals surface area contributed by atoms with Crippen molar-refractivity contribution >= 4 is 11.6 Å². The van der Waals surface area contributed by atoms with Crippen molar-refractivity contribution in [2.75, 3.05) is 6.54 Å². The molecule has 1 aromatic carbocycles. The molecule has 3 aromatic rings. The third kappa shape index (κ3) is 3.44. The Bertz CT molecular complexity index is 1010. The van der Waals surface area contributed by atoms with Crippen molar-refractivity contribution in [3.8, 4) is 5.75 Å². The van der Waals surface area contributed by atoms with Crippen LogP contribution in [0.4, 0.5) is 13.2 Å². The van der Waals surface area contributed by atoms with Crippen molar-refractivity contribution in [1.82, 2.24) is 19.5 Å². The third-order valence-electron chi connectivity index (χ3n) is 4.39. The lowest BCUT2D eigenvalue weighted by molar-refractivity contribution is -0.274. The number of alkyl halides is 3. The van der Waals surface area contributed by atoms with E-state index in [4.69, 9.17) is 0 Å². The second kappa shape index (κ2) is 6.26. The molecule has 3 heterocycles. The molecule has 1 aliphatic heterocycles. The van der Waals surface area contributed by atoms with Crippen molar-refractivity contribution in [2.45, 2.75) is 26.3 Å². The van der Waals surface area contributed by atoms with Crippen molar-refractivity contribution in [2.24, 2.45) is 0 Å². The van der Waals surface area contributed by atoms with Crippen molar-refractivity contribution in [1.29, 1.82) is 0 Å². The van der Waals surface area contributed by atoms with E-state index in [1.807, 2.05) is 13.0 Å². The fourth-order valence-electron chi connectivity index (χ4n) is 3.21. The topological polar surface area (TPSA) is 59.7 Å². The van der Waals surface area contributed by atoms with E-state index in [9.17, 15) is 18.0 Å². The molecule has 0 bridgehead atoms. The largest absolute Gasteiger partial charge is 0.573 e. The molecule has 0 atom stereocenters. The average molecular weight is 376 g/mol. The Morgan fingerprint density at radius 1 is 1.22 bits per heavy atom. The fraction of sp³-hybridized carbons (Fsp3) is 0.278. The summed E-state index contributed by atoms with van der Waals surface area (Å²) in [5, 5.41) is 4.44. The van der Waals surface area contributed by atoms with Gasteiger partial charge in [0.15, 0.2) is 5.65 Å². The molecule has 0 radical (unpaired) electrons. The van der Waals surface area contributed by atoms with Crippen molar-refractivity contribution in [3.63, 3.8) is 0 Å². The predicted molar refractivity (Wildman–Crippen MR) is 89.3 cm³/mol. The van der Waals surface area contributed by atoms with Crippen molar-refractivity contribution in [3.05, 3.63) is 59.0 Å². The van der Waals surface area contributed by atoms with Crippen LogP contribution in [0.15, 0.2) is 36.5 Å². The number of ether oxygens (including phenoxy) is 1. The number of nitrogens with zero attached hydrogens (tertiary/aromatic N) is 4. The van der Waals surface area contributed by atoms with Gasteiger partial charge in [-0.3, -0.25) is 4.79 Å². The highest BCUT2D eigenvalue weighted by atomic mass is 19.4. The molecule has 9 heteroatoms. The van der Waals surface area contributed by atoms with Crippen LogP contribution in [0.25, 0.3) is 5.65 Å². The van der Waals surface area contributed by atoms with Gasteiger partial charge in [0.1, 0.15) is 5.75 Å². The fourth-order valence-corrected chi connectivity index (χ4v) is 3.21. The monoisotopic (exact) mass is 376 g/mol. The van der Waals surface area contributed by atoms with Gasteiger partial charge in [0.05, 0.1) is 11.4 Å². The van der Waals surface area contributed by atoms with Crippen LogP contribution in [0.2, 0.25) is 0 Å². The number of amides is 1. The maximum atomic E-state index is 12.7. The van der Waals surface area contributed by atoms with Crippen LogP contribution in [0.5, 0.6) is 5.75 Å². The van der Waals surface area contributed by atoms with E-state index in [1.165, 1.54) is 12.1 Å². The lowest BCUT2D eigenvalue weighted by Crippen LogP contribution is -2.37. The first-order valence-corrected chi connectivity index (χ1v) is 8.28. The molecular weight excluding hydrogens is 361 g/mol. The van der Waals surface area contributed by atoms with Gasteiger partial charge in [-0.15, -0.1) is 13.2 Å². The van der Waals surface area contributed by atoms with Gasteiger partial charge in [0.25, 0.3) is 5.91 Å². The standard InChI is InChI=1S/C18H15F3N4O2/c1-11-8-16-22-9-13-10-24(7-6-15(13)25(16)23-11)17(26)12-2-4-14(5-3-12)27-18(19,20)21/h2-5,8-9H,6-7,10H2,1H3. The Kier molecular flexibility index (Phi) is 4.01. The Labute approximate surface area is 152 Å². The summed E-state index contributed by atoms with van der Waals surface area (Å²) in [5.74, 6) is -0.611. The highest BCUT2D eigenvalue weighted by Gasteiger charge is 2.31. The zero-order chi connectivity index (χ0) is 19.2. The van der Waals surface area contributed by atoms with Crippen LogP contribution < -0.4 is 4.74 Å². The lowest BCUT2D eigenvalue weighted by atomic mass is 10.1. The first kappa shape index (κ1) is 17.3. The number of aryl methyl sites for hydroxylation is 1. The van der Waals surface area contributed by atoms with E-state index in [0.717, 1.165) is 34.7 Å². The van der Waals surface area contributed by atoms with E-state index < -0.39 is 6.36 Å². The Balaban J connectivity index is 1.53. The van der Waals surface area contributed by atoms with Gasteiger partial charge in [0.2, 0.25) is 0 Å². The summed E-state index contributed by atoms with van der Waals surface area (Å²) >= 11 is 0. The van der Waals surface area contributed by atoms with E-state index in [-0.39, 0.29) is 11.7 Å². The normalized spacial score (nSPS) is 14.3. The van der Waals surface area contributed by atoms with Gasteiger partial charge >= 0.3 is 6.36 Å². The molecular formula is C18H15F3N4O2. The number of aromatic nitrogens is 3. The van der Waals surface area contributed by atoms with E-state index in [0.29, 0.717) is 25.1 Å². The zero-order valence-corrected chi connectivity index (χ0v) is 14.3. The summed E-state index contributed by atoms with van der Waals surface area (Å²) in [6.07, 6.45) is -2.40. The smallest absolute Gasteiger partial charge is 0.406 e. The molecule has 0 N–H and O–H groups in total. The van der Waals surface area contributed by atoms with Crippen LogP contribution in [0.1, 0.15) is 27.3 Å². The minimum atomic E-state index is -4.76. The number of halogens is 3. The number of benzene rings is 1. The lowest BCUT2D eigenvalue weighted by Gasteiger charge is -2.28. The Morgan fingerprint density at radius 3 is 2.67 bits per heavy atom. The Morgan fingerprint density at radius 2 is 1.96 bits per heavy atom. The summed E-state index contributed by atoms with van der Waals surface area (Å²) in [4.78, 5) is 18.7. The van der Waals surface area contributed by atoms with Gasteiger partial charge in [-0.1, -0.05) is 0 Å². The molecule has 1 aliphatic rings. The molecule has 0 unspecified atom stereocenters. The molecule has 6 nitrogen and oxygen atoms in total. The van der Waals surface area contributed by atoms with E-state index in [1.54, 1.807) is 15.6 Å².